The molecule has 1 aliphatic heterocycles. The monoisotopic (exact) mass is 527 g/mol. The van der Waals surface area contributed by atoms with Gasteiger partial charge in [0.25, 0.3) is 11.1 Å². The van der Waals surface area contributed by atoms with Crippen LogP contribution in [0.15, 0.2) is 53.4 Å². The van der Waals surface area contributed by atoms with Crippen LogP contribution in [0.5, 0.6) is 0 Å². The number of hydrogen-bond acceptors (Lipinski definition) is 4. The first-order chi connectivity index (χ1) is 16.7. The normalized spacial score (nSPS) is 14.8. The Bertz CT molecular complexity index is 1360. The summed E-state index contributed by atoms with van der Waals surface area (Å²) in [6.45, 7) is 5.56. The van der Waals surface area contributed by atoms with Crippen molar-refractivity contribution in [1.82, 2.24) is 9.47 Å². The number of hydrogen-bond donors (Lipinski definition) is 1. The summed E-state index contributed by atoms with van der Waals surface area (Å²) in [4.78, 5) is 39.2. The molecule has 1 N–H and O–H groups in total. The molecule has 6 nitrogen and oxygen atoms in total. The van der Waals surface area contributed by atoms with Crippen molar-refractivity contribution in [3.05, 3.63) is 86.0 Å². The van der Waals surface area contributed by atoms with Crippen LogP contribution in [-0.4, -0.2) is 33.1 Å². The number of benzene rings is 2. The Morgan fingerprint density at radius 3 is 2.40 bits per heavy atom. The number of rotatable bonds is 6. The van der Waals surface area contributed by atoms with Gasteiger partial charge < -0.3 is 9.88 Å². The molecule has 1 aromatic heterocycles. The van der Waals surface area contributed by atoms with E-state index in [0.29, 0.717) is 15.7 Å². The van der Waals surface area contributed by atoms with E-state index < -0.39 is 17.1 Å². The van der Waals surface area contributed by atoms with E-state index in [4.69, 9.17) is 23.2 Å². The van der Waals surface area contributed by atoms with Crippen molar-refractivity contribution < 1.29 is 14.4 Å². The van der Waals surface area contributed by atoms with E-state index >= 15 is 0 Å². The maximum absolute atomic E-state index is 12.9. The lowest BCUT2D eigenvalue weighted by atomic mass is 10.1. The maximum Gasteiger partial charge on any atom is 0.294 e. The van der Waals surface area contributed by atoms with Crippen LogP contribution in [0, 0.1) is 13.8 Å². The SMILES string of the molecule is CCc1ccc(NC(=O)CN2C(=O)S/C(=C\c3cc(C)n(-c4ccc(Cl)c(Cl)c4)c3C)C2=O)cc1. The van der Waals surface area contributed by atoms with E-state index in [1.165, 1.54) is 0 Å². The number of nitrogens with one attached hydrogen (secondary N) is 1. The molecule has 2 aromatic carbocycles. The smallest absolute Gasteiger partial charge is 0.294 e. The second kappa shape index (κ2) is 10.3. The minimum Gasteiger partial charge on any atom is -0.325 e. The maximum atomic E-state index is 12.9. The first-order valence-electron chi connectivity index (χ1n) is 11.0. The van der Waals surface area contributed by atoms with Crippen LogP contribution in [0.3, 0.4) is 0 Å². The van der Waals surface area contributed by atoms with Gasteiger partial charge in [-0.25, -0.2) is 0 Å². The van der Waals surface area contributed by atoms with Crippen molar-refractivity contribution >= 4 is 63.8 Å². The fourth-order valence-corrected chi connectivity index (χ4v) is 5.02. The number of aromatic nitrogens is 1. The summed E-state index contributed by atoms with van der Waals surface area (Å²) in [6, 6.07) is 14.7. The molecule has 0 unspecified atom stereocenters. The molecule has 0 radical (unpaired) electrons. The molecule has 1 aliphatic rings. The number of thioether (sulfide) groups is 1. The summed E-state index contributed by atoms with van der Waals surface area (Å²) in [7, 11) is 0. The lowest BCUT2D eigenvalue weighted by molar-refractivity contribution is -0.127. The molecule has 0 bridgehead atoms. The van der Waals surface area contributed by atoms with Crippen LogP contribution in [0.1, 0.15) is 29.4 Å². The topological polar surface area (TPSA) is 71.4 Å². The van der Waals surface area contributed by atoms with Crippen LogP contribution in [0.25, 0.3) is 11.8 Å². The van der Waals surface area contributed by atoms with Crippen molar-refractivity contribution in [3.8, 4) is 5.69 Å². The van der Waals surface area contributed by atoms with Gasteiger partial charge in [0.1, 0.15) is 6.54 Å². The van der Waals surface area contributed by atoms with Gasteiger partial charge in [0.2, 0.25) is 5.91 Å². The molecular formula is C26H23Cl2N3O3S. The van der Waals surface area contributed by atoms with E-state index in [-0.39, 0.29) is 11.4 Å². The number of anilines is 1. The predicted octanol–water partition coefficient (Wildman–Crippen LogP) is 6.64. The Morgan fingerprint density at radius 1 is 1.03 bits per heavy atom. The molecular weight excluding hydrogens is 505 g/mol. The molecule has 1 saturated heterocycles. The van der Waals surface area contributed by atoms with Crippen LogP contribution < -0.4 is 5.32 Å². The number of carbonyl (C=O) groups excluding carboxylic acids is 3. The van der Waals surface area contributed by atoms with Gasteiger partial charge in [0, 0.05) is 22.8 Å². The second-order valence-corrected chi connectivity index (χ2v) is 9.93. The molecule has 4 rings (SSSR count). The van der Waals surface area contributed by atoms with Gasteiger partial charge in [-0.05, 0) is 85.6 Å². The summed E-state index contributed by atoms with van der Waals surface area (Å²) in [6.07, 6.45) is 2.58. The average Bonchev–Trinajstić information content (AvgIpc) is 3.25. The molecule has 3 aromatic rings. The van der Waals surface area contributed by atoms with Crippen molar-refractivity contribution in [1.29, 1.82) is 0 Å². The zero-order valence-electron chi connectivity index (χ0n) is 19.4. The highest BCUT2D eigenvalue weighted by Gasteiger charge is 2.36. The minimum absolute atomic E-state index is 0.268. The molecule has 0 saturated carbocycles. The lowest BCUT2D eigenvalue weighted by Crippen LogP contribution is -2.36. The summed E-state index contributed by atoms with van der Waals surface area (Å²) in [5.74, 6) is -0.925. The molecule has 3 amide bonds. The Hall–Kier alpha value is -3.00. The van der Waals surface area contributed by atoms with Gasteiger partial charge in [-0.3, -0.25) is 19.3 Å². The second-order valence-electron chi connectivity index (χ2n) is 8.13. The van der Waals surface area contributed by atoms with Crippen molar-refractivity contribution in [2.75, 3.05) is 11.9 Å². The quantitative estimate of drug-likeness (QED) is 0.364. The van der Waals surface area contributed by atoms with Crippen LogP contribution in [0.2, 0.25) is 10.0 Å². The average molecular weight is 528 g/mol. The molecule has 9 heteroatoms. The lowest BCUT2D eigenvalue weighted by Gasteiger charge is -2.12. The summed E-state index contributed by atoms with van der Waals surface area (Å²) in [5, 5.41) is 3.17. The zero-order chi connectivity index (χ0) is 25.3. The minimum atomic E-state index is -0.490. The Labute approximate surface area is 217 Å². The number of halogens is 2. The van der Waals surface area contributed by atoms with E-state index in [1.54, 1.807) is 30.3 Å². The number of imide groups is 1. The molecule has 180 valence electrons. The third-order valence-corrected chi connectivity index (χ3v) is 7.39. The van der Waals surface area contributed by atoms with E-state index in [9.17, 15) is 14.4 Å². The largest absolute Gasteiger partial charge is 0.325 e. The van der Waals surface area contributed by atoms with Gasteiger partial charge in [-0.1, -0.05) is 42.3 Å². The zero-order valence-corrected chi connectivity index (χ0v) is 21.7. The number of nitrogens with zero attached hydrogens (tertiary/aromatic N) is 2. The Balaban J connectivity index is 1.51. The highest BCUT2D eigenvalue weighted by atomic mass is 35.5. The number of amides is 3. The third-order valence-electron chi connectivity index (χ3n) is 5.74. The highest BCUT2D eigenvalue weighted by Crippen LogP contribution is 2.34. The fraction of sp³-hybridized carbons (Fsp3) is 0.192. The first kappa shape index (κ1) is 25.1. The number of carbonyl (C=O) groups is 3. The van der Waals surface area contributed by atoms with Gasteiger partial charge in [-0.15, -0.1) is 0 Å². The summed E-state index contributed by atoms with van der Waals surface area (Å²) in [5.41, 5.74) is 5.20. The van der Waals surface area contributed by atoms with Gasteiger partial charge in [0.15, 0.2) is 0 Å². The van der Waals surface area contributed by atoms with E-state index in [1.807, 2.05) is 49.6 Å². The predicted molar refractivity (Wildman–Crippen MR) is 142 cm³/mol. The van der Waals surface area contributed by atoms with Crippen LogP contribution in [0.4, 0.5) is 10.5 Å². The highest BCUT2D eigenvalue weighted by molar-refractivity contribution is 8.18. The first-order valence-corrected chi connectivity index (χ1v) is 12.5. The van der Waals surface area contributed by atoms with Gasteiger partial charge >= 0.3 is 0 Å². The summed E-state index contributed by atoms with van der Waals surface area (Å²) >= 11 is 13.1. The molecule has 35 heavy (non-hydrogen) atoms. The van der Waals surface area contributed by atoms with E-state index in [0.717, 1.165) is 51.3 Å². The Kier molecular flexibility index (Phi) is 7.40. The van der Waals surface area contributed by atoms with E-state index in [2.05, 4.69) is 5.32 Å². The molecule has 0 atom stereocenters. The van der Waals surface area contributed by atoms with Crippen molar-refractivity contribution in [3.63, 3.8) is 0 Å². The molecule has 0 aliphatic carbocycles. The van der Waals surface area contributed by atoms with Crippen molar-refractivity contribution in [2.24, 2.45) is 0 Å². The van der Waals surface area contributed by atoms with Gasteiger partial charge in [-0.2, -0.15) is 0 Å². The molecule has 0 spiro atoms. The van der Waals surface area contributed by atoms with Crippen LogP contribution in [-0.2, 0) is 16.0 Å². The third kappa shape index (κ3) is 5.32. The van der Waals surface area contributed by atoms with Crippen LogP contribution >= 0.6 is 35.0 Å². The standard InChI is InChI=1S/C26H23Cl2N3O3S/c1-4-17-5-7-19(8-6-17)29-24(32)14-30-25(33)23(35-26(30)34)12-18-11-15(2)31(16(18)3)20-9-10-21(27)22(28)13-20/h5-13H,4,14H2,1-3H3,(H,29,32)/b23-12-. The molecule has 2 heterocycles. The fourth-order valence-electron chi connectivity index (χ4n) is 3.90. The summed E-state index contributed by atoms with van der Waals surface area (Å²) < 4.78 is 2.00. The Morgan fingerprint density at radius 2 is 1.74 bits per heavy atom. The van der Waals surface area contributed by atoms with Crippen molar-refractivity contribution in [2.45, 2.75) is 27.2 Å². The molecule has 1 fully saturated rings. The number of aryl methyl sites for hydroxylation is 2. The van der Waals surface area contributed by atoms with Gasteiger partial charge in [0.05, 0.1) is 15.0 Å².